The van der Waals surface area contributed by atoms with Crippen LogP contribution in [0.5, 0.6) is 11.5 Å². The number of fused-ring (bicyclic) bond motifs is 1. The fourth-order valence-electron chi connectivity index (χ4n) is 6.94. The summed E-state index contributed by atoms with van der Waals surface area (Å²) in [6.07, 6.45) is 4.32. The summed E-state index contributed by atoms with van der Waals surface area (Å²) in [6.45, 7) is 6.13. The molecule has 0 saturated heterocycles. The molecule has 6 rings (SSSR count). The fourth-order valence-corrected chi connectivity index (χ4v) is 7.72. The molecule has 43 heavy (non-hydrogen) atoms. The van der Waals surface area contributed by atoms with Crippen LogP contribution in [0.3, 0.4) is 0 Å². The van der Waals surface area contributed by atoms with Crippen LogP contribution >= 0.6 is 22.6 Å². The normalized spacial score (nSPS) is 17.4. The highest BCUT2D eigenvalue weighted by molar-refractivity contribution is 14.1. The van der Waals surface area contributed by atoms with Crippen LogP contribution in [-0.2, 0) is 20.9 Å². The molecule has 0 unspecified atom stereocenters. The molecule has 0 atom stereocenters. The third-order valence-electron chi connectivity index (χ3n) is 8.91. The van der Waals surface area contributed by atoms with Crippen molar-refractivity contribution < 1.29 is 23.8 Å². The third-order valence-corrected chi connectivity index (χ3v) is 9.71. The molecule has 0 aromatic heterocycles. The van der Waals surface area contributed by atoms with E-state index >= 15 is 0 Å². The minimum atomic E-state index is -0.397. The number of methoxy groups -OCH3 is 1. The van der Waals surface area contributed by atoms with Crippen molar-refractivity contribution in [2.24, 2.45) is 0 Å². The first kappa shape index (κ1) is 29.9. The lowest BCUT2D eigenvalue weighted by Gasteiger charge is -2.44. The second kappa shape index (κ2) is 12.8. The number of halogens is 1. The van der Waals surface area contributed by atoms with E-state index in [4.69, 9.17) is 14.2 Å². The van der Waals surface area contributed by atoms with Gasteiger partial charge in [-0.1, -0.05) is 36.4 Å². The Balaban J connectivity index is 1.44. The number of Topliss-reactive ketones (excluding diaryl/α,β-unsaturated/α-hetero) is 2. The standard InChI is InChI=1S/C36H38INO5/c1-4-42-32-20-24(19-27(37)36(32)43-21-26-22(2)15-16-23-9-5-6-10-25(23)26)33-34-28(11-7-13-30(34)39)38(17-18-41-3)29-12-8-14-31(40)35(29)33/h5-6,9-10,15-16,19-20,33H,4,7-8,11-14,17-18,21H2,1-3H3. The number of allylic oxidation sites excluding steroid dienone is 4. The summed E-state index contributed by atoms with van der Waals surface area (Å²) in [7, 11) is 1.69. The van der Waals surface area contributed by atoms with Crippen molar-refractivity contribution in [1.82, 2.24) is 4.90 Å². The maximum Gasteiger partial charge on any atom is 0.174 e. The zero-order chi connectivity index (χ0) is 30.1. The van der Waals surface area contributed by atoms with Crippen molar-refractivity contribution in [2.45, 2.75) is 64.9 Å². The molecular formula is C36H38INO5. The number of hydrogen-bond acceptors (Lipinski definition) is 6. The van der Waals surface area contributed by atoms with Crippen molar-refractivity contribution in [2.75, 3.05) is 26.9 Å². The summed E-state index contributed by atoms with van der Waals surface area (Å²) in [5.41, 5.74) is 6.91. The van der Waals surface area contributed by atoms with Gasteiger partial charge >= 0.3 is 0 Å². The Morgan fingerprint density at radius 3 is 2.28 bits per heavy atom. The molecular weight excluding hydrogens is 653 g/mol. The van der Waals surface area contributed by atoms with E-state index < -0.39 is 5.92 Å². The topological polar surface area (TPSA) is 65.1 Å². The molecule has 0 radical (unpaired) electrons. The molecule has 2 aliphatic carbocycles. The zero-order valence-electron chi connectivity index (χ0n) is 25.1. The third kappa shape index (κ3) is 5.62. The lowest BCUT2D eigenvalue weighted by atomic mass is 9.71. The second-order valence-corrected chi connectivity index (χ2v) is 12.6. The smallest absolute Gasteiger partial charge is 0.174 e. The van der Waals surface area contributed by atoms with Gasteiger partial charge in [-0.2, -0.15) is 0 Å². The summed E-state index contributed by atoms with van der Waals surface area (Å²) in [4.78, 5) is 29.6. The number of rotatable bonds is 9. The van der Waals surface area contributed by atoms with Crippen molar-refractivity contribution in [1.29, 1.82) is 0 Å². The average Bonchev–Trinajstić information content (AvgIpc) is 3.00. The van der Waals surface area contributed by atoms with Gasteiger partial charge in [-0.15, -0.1) is 0 Å². The van der Waals surface area contributed by atoms with Crippen LogP contribution in [-0.4, -0.2) is 43.3 Å². The monoisotopic (exact) mass is 691 g/mol. The molecule has 0 saturated carbocycles. The van der Waals surface area contributed by atoms with E-state index in [-0.39, 0.29) is 11.6 Å². The van der Waals surface area contributed by atoms with Crippen LogP contribution in [0.2, 0.25) is 0 Å². The number of carbonyl (C=O) groups is 2. The molecule has 0 spiro atoms. The second-order valence-electron chi connectivity index (χ2n) is 11.5. The maximum absolute atomic E-state index is 13.7. The Bertz CT molecular complexity index is 1610. The van der Waals surface area contributed by atoms with Crippen LogP contribution in [0.1, 0.15) is 68.1 Å². The molecule has 0 bridgehead atoms. The molecule has 1 aliphatic heterocycles. The Morgan fingerprint density at radius 2 is 1.60 bits per heavy atom. The lowest BCUT2D eigenvalue weighted by molar-refractivity contribution is -0.117. The van der Waals surface area contributed by atoms with Crippen LogP contribution in [0.4, 0.5) is 0 Å². The highest BCUT2D eigenvalue weighted by atomic mass is 127. The van der Waals surface area contributed by atoms with E-state index in [0.717, 1.165) is 62.9 Å². The predicted octanol–water partition coefficient (Wildman–Crippen LogP) is 7.79. The summed E-state index contributed by atoms with van der Waals surface area (Å²) in [5.74, 6) is 1.20. The van der Waals surface area contributed by atoms with Crippen molar-refractivity contribution in [3.63, 3.8) is 0 Å². The number of benzene rings is 3. The molecule has 224 valence electrons. The number of ketones is 2. The predicted molar refractivity (Wildman–Crippen MR) is 176 cm³/mol. The van der Waals surface area contributed by atoms with E-state index in [9.17, 15) is 9.59 Å². The number of ether oxygens (including phenoxy) is 3. The van der Waals surface area contributed by atoms with Gasteiger partial charge in [0.1, 0.15) is 6.61 Å². The number of carbonyl (C=O) groups excluding carboxylic acids is 2. The fraction of sp³-hybridized carbons (Fsp3) is 0.389. The van der Waals surface area contributed by atoms with Gasteiger partial charge in [0.15, 0.2) is 23.1 Å². The summed E-state index contributed by atoms with van der Waals surface area (Å²) < 4.78 is 19.1. The molecule has 1 heterocycles. The van der Waals surface area contributed by atoms with Crippen molar-refractivity contribution in [3.8, 4) is 11.5 Å². The quantitative estimate of drug-likeness (QED) is 0.214. The molecule has 3 aromatic carbocycles. The van der Waals surface area contributed by atoms with Gasteiger partial charge in [-0.25, -0.2) is 0 Å². The van der Waals surface area contributed by atoms with E-state index in [2.05, 4.69) is 76.9 Å². The van der Waals surface area contributed by atoms with E-state index in [0.29, 0.717) is 50.7 Å². The number of nitrogens with zero attached hydrogens (tertiary/aromatic N) is 1. The van der Waals surface area contributed by atoms with E-state index in [1.54, 1.807) is 7.11 Å². The average molecular weight is 692 g/mol. The van der Waals surface area contributed by atoms with Gasteiger partial charge in [-0.05, 0) is 96.2 Å². The zero-order valence-corrected chi connectivity index (χ0v) is 27.3. The minimum Gasteiger partial charge on any atom is -0.490 e. The van der Waals surface area contributed by atoms with Gasteiger partial charge in [0.2, 0.25) is 0 Å². The van der Waals surface area contributed by atoms with E-state index in [1.807, 2.05) is 13.0 Å². The molecule has 3 aromatic rings. The lowest BCUT2D eigenvalue weighted by Crippen LogP contribution is -2.40. The number of hydrogen-bond donors (Lipinski definition) is 0. The Hall–Kier alpha value is -3.17. The molecule has 0 amide bonds. The molecule has 7 heteroatoms. The van der Waals surface area contributed by atoms with Crippen LogP contribution in [0, 0.1) is 10.5 Å². The first-order chi connectivity index (χ1) is 20.9. The van der Waals surface area contributed by atoms with Gasteiger partial charge in [-0.3, -0.25) is 9.59 Å². The Kier molecular flexibility index (Phi) is 8.91. The van der Waals surface area contributed by atoms with Gasteiger partial charge < -0.3 is 19.1 Å². The van der Waals surface area contributed by atoms with Crippen molar-refractivity contribution in [3.05, 3.63) is 91.3 Å². The minimum absolute atomic E-state index is 0.137. The molecule has 3 aliphatic rings. The van der Waals surface area contributed by atoms with Crippen LogP contribution in [0.15, 0.2) is 71.1 Å². The van der Waals surface area contributed by atoms with Gasteiger partial charge in [0.05, 0.1) is 16.8 Å². The van der Waals surface area contributed by atoms with Crippen molar-refractivity contribution >= 4 is 44.9 Å². The molecule has 0 fully saturated rings. The SMILES string of the molecule is CCOc1cc(C2C3=C(CCCC3=O)N(CCOC)C3=C2C(=O)CCC3)cc(I)c1OCc1c(C)ccc2ccccc12. The first-order valence-corrected chi connectivity index (χ1v) is 16.4. The summed E-state index contributed by atoms with van der Waals surface area (Å²) >= 11 is 2.31. The maximum atomic E-state index is 13.7. The molecule has 6 nitrogen and oxygen atoms in total. The highest BCUT2D eigenvalue weighted by Gasteiger charge is 2.43. The Morgan fingerprint density at radius 1 is 0.907 bits per heavy atom. The van der Waals surface area contributed by atoms with Gasteiger partial charge in [0.25, 0.3) is 0 Å². The highest BCUT2D eigenvalue weighted by Crippen LogP contribution is 2.50. The van der Waals surface area contributed by atoms with E-state index in [1.165, 1.54) is 16.3 Å². The largest absolute Gasteiger partial charge is 0.490 e. The van der Waals surface area contributed by atoms with Gasteiger partial charge in [0, 0.05) is 60.5 Å². The first-order valence-electron chi connectivity index (χ1n) is 15.3. The summed E-state index contributed by atoms with van der Waals surface area (Å²) in [5, 5.41) is 2.36. The summed E-state index contributed by atoms with van der Waals surface area (Å²) in [6, 6.07) is 16.7. The van der Waals surface area contributed by atoms with Crippen LogP contribution in [0.25, 0.3) is 10.8 Å². The molecule has 0 N–H and O–H groups in total. The Labute approximate surface area is 267 Å². The number of aryl methyl sites for hydroxylation is 1. The van der Waals surface area contributed by atoms with Crippen LogP contribution < -0.4 is 9.47 Å².